The zero-order chi connectivity index (χ0) is 10.2. The van der Waals surface area contributed by atoms with Gasteiger partial charge in [-0.15, -0.1) is 0 Å². The average Bonchev–Trinajstić information content (AvgIpc) is 2.62. The number of aliphatic carboxylic acids is 2. The van der Waals surface area contributed by atoms with Crippen molar-refractivity contribution in [3.05, 3.63) is 0 Å². The first-order valence-corrected chi connectivity index (χ1v) is 4.35. The van der Waals surface area contributed by atoms with Crippen LogP contribution in [0.25, 0.3) is 0 Å². The van der Waals surface area contributed by atoms with Gasteiger partial charge in [0.15, 0.2) is 0 Å². The summed E-state index contributed by atoms with van der Waals surface area (Å²) in [5.74, 6) is -2.11. The molecule has 13 heavy (non-hydrogen) atoms. The Labute approximate surface area is 76.6 Å². The van der Waals surface area contributed by atoms with E-state index in [1.54, 1.807) is 0 Å². The van der Waals surface area contributed by atoms with Crippen LogP contribution in [0, 0.1) is 17.3 Å². The molecule has 0 radical (unpaired) electrons. The molecule has 0 heterocycles. The second-order valence-electron chi connectivity index (χ2n) is 4.05. The van der Waals surface area contributed by atoms with E-state index in [0.717, 1.165) is 0 Å². The van der Waals surface area contributed by atoms with E-state index in [9.17, 15) is 9.59 Å². The lowest BCUT2D eigenvalue weighted by Gasteiger charge is -2.17. The maximum absolute atomic E-state index is 10.7. The zero-order valence-corrected chi connectivity index (χ0v) is 7.78. The van der Waals surface area contributed by atoms with E-state index in [1.807, 2.05) is 13.8 Å². The Morgan fingerprint density at radius 2 is 2.00 bits per heavy atom. The molecule has 74 valence electrons. The van der Waals surface area contributed by atoms with Crippen LogP contribution in [0.5, 0.6) is 0 Å². The Balaban J connectivity index is 2.71. The molecule has 0 aromatic carbocycles. The third kappa shape index (κ3) is 1.66. The quantitative estimate of drug-likeness (QED) is 0.692. The van der Waals surface area contributed by atoms with E-state index in [-0.39, 0.29) is 12.3 Å². The predicted molar refractivity (Wildman–Crippen MR) is 45.3 cm³/mol. The van der Waals surface area contributed by atoms with Gasteiger partial charge in [0, 0.05) is 0 Å². The molecule has 1 aliphatic rings. The molecule has 4 heteroatoms. The molecule has 0 unspecified atom stereocenters. The number of rotatable bonds is 4. The maximum atomic E-state index is 10.7. The Morgan fingerprint density at radius 1 is 1.46 bits per heavy atom. The Hall–Kier alpha value is -1.06. The van der Waals surface area contributed by atoms with Crippen molar-refractivity contribution in [3.63, 3.8) is 0 Å². The van der Waals surface area contributed by atoms with Crippen LogP contribution in [0.3, 0.4) is 0 Å². The fraction of sp³-hybridized carbons (Fsp3) is 0.778. The molecule has 0 saturated heterocycles. The van der Waals surface area contributed by atoms with Crippen molar-refractivity contribution < 1.29 is 19.8 Å². The minimum atomic E-state index is -0.905. The highest BCUT2D eigenvalue weighted by Crippen LogP contribution is 2.60. The van der Waals surface area contributed by atoms with Gasteiger partial charge in [0.1, 0.15) is 0 Å². The molecule has 0 amide bonds. The number of hydrogen-bond donors (Lipinski definition) is 2. The molecule has 4 nitrogen and oxygen atoms in total. The first-order chi connectivity index (χ1) is 5.90. The minimum Gasteiger partial charge on any atom is -0.481 e. The molecule has 2 atom stereocenters. The summed E-state index contributed by atoms with van der Waals surface area (Å²) in [4.78, 5) is 21.2. The highest BCUT2D eigenvalue weighted by atomic mass is 16.4. The van der Waals surface area contributed by atoms with E-state index in [0.29, 0.717) is 6.42 Å². The number of carboxylic acids is 2. The molecule has 1 saturated carbocycles. The lowest BCUT2D eigenvalue weighted by Crippen LogP contribution is -2.20. The lowest BCUT2D eigenvalue weighted by molar-refractivity contribution is -0.141. The van der Waals surface area contributed by atoms with Crippen molar-refractivity contribution in [3.8, 4) is 0 Å². The molecule has 1 fully saturated rings. The van der Waals surface area contributed by atoms with Crippen molar-refractivity contribution >= 4 is 11.9 Å². The van der Waals surface area contributed by atoms with E-state index in [1.165, 1.54) is 0 Å². The summed E-state index contributed by atoms with van der Waals surface area (Å²) in [6.07, 6.45) is 0.480. The monoisotopic (exact) mass is 186 g/mol. The van der Waals surface area contributed by atoms with E-state index < -0.39 is 23.3 Å². The van der Waals surface area contributed by atoms with Crippen molar-refractivity contribution in [2.75, 3.05) is 0 Å². The first-order valence-electron chi connectivity index (χ1n) is 4.35. The predicted octanol–water partition coefficient (Wildman–Crippen LogP) is 1.21. The molecule has 0 aromatic rings. The fourth-order valence-corrected chi connectivity index (χ4v) is 1.97. The summed E-state index contributed by atoms with van der Waals surface area (Å²) in [6.45, 7) is 3.76. The molecule has 1 rings (SSSR count). The van der Waals surface area contributed by atoms with E-state index in [4.69, 9.17) is 10.2 Å². The van der Waals surface area contributed by atoms with E-state index in [2.05, 4.69) is 0 Å². The Morgan fingerprint density at radius 3 is 2.23 bits per heavy atom. The molecule has 0 bridgehead atoms. The van der Waals surface area contributed by atoms with Crippen LogP contribution < -0.4 is 0 Å². The van der Waals surface area contributed by atoms with Crippen LogP contribution in [-0.4, -0.2) is 22.2 Å². The van der Waals surface area contributed by atoms with Gasteiger partial charge >= 0.3 is 11.9 Å². The van der Waals surface area contributed by atoms with Gasteiger partial charge in [-0.05, 0) is 17.8 Å². The van der Waals surface area contributed by atoms with Gasteiger partial charge in [-0.2, -0.15) is 0 Å². The Bertz CT molecular complexity index is 246. The van der Waals surface area contributed by atoms with Crippen LogP contribution in [0.2, 0.25) is 0 Å². The van der Waals surface area contributed by atoms with Gasteiger partial charge in [-0.3, -0.25) is 9.59 Å². The molecule has 0 spiro atoms. The summed E-state index contributed by atoms with van der Waals surface area (Å²) in [5.41, 5.74) is -0.488. The molecule has 0 aromatic heterocycles. The average molecular weight is 186 g/mol. The summed E-state index contributed by atoms with van der Waals surface area (Å²) in [7, 11) is 0. The highest BCUT2D eigenvalue weighted by molar-refractivity contribution is 5.78. The van der Waals surface area contributed by atoms with Crippen molar-refractivity contribution in [2.24, 2.45) is 17.3 Å². The van der Waals surface area contributed by atoms with Gasteiger partial charge in [-0.25, -0.2) is 0 Å². The largest absolute Gasteiger partial charge is 0.481 e. The van der Waals surface area contributed by atoms with Crippen LogP contribution >= 0.6 is 0 Å². The molecular weight excluding hydrogens is 172 g/mol. The van der Waals surface area contributed by atoms with Crippen molar-refractivity contribution in [1.29, 1.82) is 0 Å². The smallest absolute Gasteiger partial charge is 0.307 e. The SMILES string of the molecule is CC(C)[C@@]1(CC(=O)O)C[C@H]1C(=O)O. The topological polar surface area (TPSA) is 74.6 Å². The van der Waals surface area contributed by atoms with Crippen LogP contribution in [0.15, 0.2) is 0 Å². The van der Waals surface area contributed by atoms with Crippen LogP contribution in [0.1, 0.15) is 26.7 Å². The maximum Gasteiger partial charge on any atom is 0.307 e. The normalized spacial score (nSPS) is 31.8. The zero-order valence-electron chi connectivity index (χ0n) is 7.78. The van der Waals surface area contributed by atoms with Crippen molar-refractivity contribution in [1.82, 2.24) is 0 Å². The number of carbonyl (C=O) groups is 2. The first kappa shape index (κ1) is 10.0. The molecule has 2 N–H and O–H groups in total. The number of carboxylic acid groups (broad SMARTS) is 2. The third-order valence-corrected chi connectivity index (χ3v) is 3.05. The summed E-state index contributed by atoms with van der Waals surface area (Å²) >= 11 is 0. The highest BCUT2D eigenvalue weighted by Gasteiger charge is 2.60. The molecular formula is C9H14O4. The second-order valence-corrected chi connectivity index (χ2v) is 4.05. The number of hydrogen-bond acceptors (Lipinski definition) is 2. The summed E-state index contributed by atoms with van der Waals surface area (Å²) in [6, 6.07) is 0. The van der Waals surface area contributed by atoms with Gasteiger partial charge in [0.25, 0.3) is 0 Å². The summed E-state index contributed by atoms with van der Waals surface area (Å²) in [5, 5.41) is 17.4. The van der Waals surface area contributed by atoms with Crippen LogP contribution in [-0.2, 0) is 9.59 Å². The lowest BCUT2D eigenvalue weighted by atomic mass is 9.86. The standard InChI is InChI=1S/C9H14O4/c1-5(2)9(4-7(10)11)3-6(9)8(12)13/h5-6H,3-4H2,1-2H3,(H,10,11)(H,12,13)/t6-,9-/m0/s1. The van der Waals surface area contributed by atoms with E-state index >= 15 is 0 Å². The molecule has 1 aliphatic carbocycles. The summed E-state index contributed by atoms with van der Waals surface area (Å²) < 4.78 is 0. The third-order valence-electron chi connectivity index (χ3n) is 3.05. The minimum absolute atomic E-state index is 0.0262. The van der Waals surface area contributed by atoms with Gasteiger partial charge in [-0.1, -0.05) is 13.8 Å². The van der Waals surface area contributed by atoms with Crippen molar-refractivity contribution in [2.45, 2.75) is 26.7 Å². The second kappa shape index (κ2) is 3.01. The molecule has 0 aliphatic heterocycles. The van der Waals surface area contributed by atoms with Gasteiger partial charge in [0.05, 0.1) is 12.3 Å². The van der Waals surface area contributed by atoms with Gasteiger partial charge < -0.3 is 10.2 Å². The fourth-order valence-electron chi connectivity index (χ4n) is 1.97. The van der Waals surface area contributed by atoms with Gasteiger partial charge in [0.2, 0.25) is 0 Å². The van der Waals surface area contributed by atoms with Crippen LogP contribution in [0.4, 0.5) is 0 Å². The Kier molecular flexibility index (Phi) is 2.32.